The third kappa shape index (κ3) is 4.48. The van der Waals surface area contributed by atoms with Crippen LogP contribution < -0.4 is 10.1 Å². The van der Waals surface area contributed by atoms with Crippen LogP contribution in [0.15, 0.2) is 48.5 Å². The van der Waals surface area contributed by atoms with Crippen molar-refractivity contribution in [3.63, 3.8) is 0 Å². The van der Waals surface area contributed by atoms with Crippen molar-refractivity contribution >= 4 is 11.6 Å². The summed E-state index contributed by atoms with van der Waals surface area (Å²) in [5.74, 6) is 0.880. The van der Waals surface area contributed by atoms with E-state index < -0.39 is 0 Å². The molecule has 0 amide bonds. The van der Waals surface area contributed by atoms with E-state index in [1.807, 2.05) is 30.3 Å². The number of hydrogen-bond acceptors (Lipinski definition) is 2. The Morgan fingerprint density at radius 3 is 2.43 bits per heavy atom. The van der Waals surface area contributed by atoms with Crippen LogP contribution in [0, 0.1) is 0 Å². The van der Waals surface area contributed by atoms with Crippen LogP contribution in [0.5, 0.6) is 5.75 Å². The number of halogens is 1. The van der Waals surface area contributed by atoms with E-state index in [0.717, 1.165) is 30.2 Å². The van der Waals surface area contributed by atoms with Gasteiger partial charge in [0.25, 0.3) is 0 Å². The second-order valence-electron chi connectivity index (χ2n) is 5.08. The predicted molar refractivity (Wildman–Crippen MR) is 89.2 cm³/mol. The number of benzene rings is 2. The van der Waals surface area contributed by atoms with Gasteiger partial charge in [0.2, 0.25) is 0 Å². The topological polar surface area (TPSA) is 21.3 Å². The van der Waals surface area contributed by atoms with Gasteiger partial charge >= 0.3 is 0 Å². The molecule has 0 saturated carbocycles. The van der Waals surface area contributed by atoms with Crippen molar-refractivity contribution < 1.29 is 4.74 Å². The van der Waals surface area contributed by atoms with Gasteiger partial charge in [-0.2, -0.15) is 0 Å². The molecular weight excluding hydrogens is 282 g/mol. The zero-order valence-electron chi connectivity index (χ0n) is 12.6. The van der Waals surface area contributed by atoms with Gasteiger partial charge in [-0.3, -0.25) is 0 Å². The monoisotopic (exact) mass is 303 g/mol. The highest BCUT2D eigenvalue weighted by molar-refractivity contribution is 6.31. The fourth-order valence-electron chi connectivity index (χ4n) is 2.35. The lowest BCUT2D eigenvalue weighted by molar-refractivity contribution is 0.414. The average molecular weight is 304 g/mol. The third-order valence-corrected chi connectivity index (χ3v) is 3.91. The third-order valence-electron chi connectivity index (χ3n) is 3.54. The van der Waals surface area contributed by atoms with Gasteiger partial charge in [0.05, 0.1) is 7.11 Å². The summed E-state index contributed by atoms with van der Waals surface area (Å²) in [5.41, 5.74) is 2.42. The molecule has 0 heterocycles. The second-order valence-corrected chi connectivity index (χ2v) is 5.48. The summed E-state index contributed by atoms with van der Waals surface area (Å²) in [6, 6.07) is 16.5. The van der Waals surface area contributed by atoms with Crippen molar-refractivity contribution in [2.45, 2.75) is 25.8 Å². The quantitative estimate of drug-likeness (QED) is 0.805. The van der Waals surface area contributed by atoms with Gasteiger partial charge < -0.3 is 10.1 Å². The lowest BCUT2D eigenvalue weighted by Crippen LogP contribution is -2.24. The van der Waals surface area contributed by atoms with Crippen LogP contribution in [0.2, 0.25) is 5.02 Å². The zero-order valence-corrected chi connectivity index (χ0v) is 13.4. The molecule has 1 unspecified atom stereocenters. The van der Waals surface area contributed by atoms with E-state index in [1.165, 1.54) is 11.1 Å². The van der Waals surface area contributed by atoms with Crippen molar-refractivity contribution in [1.82, 2.24) is 5.32 Å². The Morgan fingerprint density at radius 1 is 1.10 bits per heavy atom. The summed E-state index contributed by atoms with van der Waals surface area (Å²) in [6.07, 6.45) is 1.99. The van der Waals surface area contributed by atoms with E-state index in [9.17, 15) is 0 Å². The van der Waals surface area contributed by atoms with Crippen molar-refractivity contribution in [3.05, 3.63) is 64.7 Å². The first-order valence-corrected chi connectivity index (χ1v) is 7.73. The Morgan fingerprint density at radius 2 is 1.81 bits per heavy atom. The first kappa shape index (κ1) is 15.9. The molecule has 0 aromatic heterocycles. The molecule has 2 rings (SSSR count). The smallest absolute Gasteiger partial charge is 0.118 e. The Balaban J connectivity index is 2.18. The van der Waals surface area contributed by atoms with E-state index in [1.54, 1.807) is 7.11 Å². The first-order valence-electron chi connectivity index (χ1n) is 7.35. The van der Waals surface area contributed by atoms with Gasteiger partial charge in [0.1, 0.15) is 5.75 Å². The zero-order chi connectivity index (χ0) is 15.1. The summed E-state index contributed by atoms with van der Waals surface area (Å²) in [6.45, 7) is 3.16. The number of rotatable bonds is 7. The van der Waals surface area contributed by atoms with E-state index in [0.29, 0.717) is 0 Å². The summed E-state index contributed by atoms with van der Waals surface area (Å²) in [5, 5.41) is 4.43. The van der Waals surface area contributed by atoms with Crippen LogP contribution in [-0.2, 0) is 6.42 Å². The minimum atomic E-state index is 0.260. The maximum Gasteiger partial charge on any atom is 0.118 e. The summed E-state index contributed by atoms with van der Waals surface area (Å²) in [4.78, 5) is 0. The molecule has 1 atom stereocenters. The van der Waals surface area contributed by atoms with E-state index in [-0.39, 0.29) is 6.04 Å². The fourth-order valence-corrected chi connectivity index (χ4v) is 2.56. The Kier molecular flexibility index (Phi) is 6.09. The second kappa shape index (κ2) is 8.06. The van der Waals surface area contributed by atoms with Crippen molar-refractivity contribution in [3.8, 4) is 5.75 Å². The average Bonchev–Trinajstić information content (AvgIpc) is 2.53. The molecule has 2 aromatic carbocycles. The van der Waals surface area contributed by atoms with Crippen LogP contribution in [0.4, 0.5) is 0 Å². The van der Waals surface area contributed by atoms with E-state index in [2.05, 4.69) is 30.4 Å². The molecule has 3 heteroatoms. The van der Waals surface area contributed by atoms with E-state index in [4.69, 9.17) is 16.3 Å². The van der Waals surface area contributed by atoms with Crippen molar-refractivity contribution in [2.75, 3.05) is 13.7 Å². The SMILES string of the molecule is CCCNC(Cc1ccccc1Cl)c1ccc(OC)cc1. The number of nitrogens with one attached hydrogen (secondary N) is 1. The molecule has 0 fully saturated rings. The molecule has 2 nitrogen and oxygen atoms in total. The molecule has 2 aromatic rings. The predicted octanol–water partition coefficient (Wildman–Crippen LogP) is 4.63. The standard InChI is InChI=1S/C18H22ClNO/c1-3-12-20-18(13-15-6-4-5-7-17(15)19)14-8-10-16(21-2)11-9-14/h4-11,18,20H,3,12-13H2,1-2H3. The Hall–Kier alpha value is -1.51. The van der Waals surface area contributed by atoms with Gasteiger partial charge in [-0.05, 0) is 48.7 Å². The fraction of sp³-hybridized carbons (Fsp3) is 0.333. The Bertz CT molecular complexity index is 553. The van der Waals surface area contributed by atoms with Crippen LogP contribution in [0.3, 0.4) is 0 Å². The van der Waals surface area contributed by atoms with Gasteiger partial charge in [0.15, 0.2) is 0 Å². The molecule has 0 spiro atoms. The van der Waals surface area contributed by atoms with Gasteiger partial charge in [0, 0.05) is 11.1 Å². The maximum atomic E-state index is 6.29. The molecule has 0 saturated heterocycles. The molecule has 112 valence electrons. The van der Waals surface area contributed by atoms with Crippen LogP contribution >= 0.6 is 11.6 Å². The molecule has 0 aliphatic heterocycles. The highest BCUT2D eigenvalue weighted by Crippen LogP contribution is 2.25. The largest absolute Gasteiger partial charge is 0.497 e. The molecule has 0 aliphatic carbocycles. The highest BCUT2D eigenvalue weighted by atomic mass is 35.5. The number of ether oxygens (including phenoxy) is 1. The van der Waals surface area contributed by atoms with Crippen molar-refractivity contribution in [2.24, 2.45) is 0 Å². The lowest BCUT2D eigenvalue weighted by Gasteiger charge is -2.20. The lowest BCUT2D eigenvalue weighted by atomic mass is 9.98. The van der Waals surface area contributed by atoms with Crippen molar-refractivity contribution in [1.29, 1.82) is 0 Å². The molecular formula is C18H22ClNO. The van der Waals surface area contributed by atoms with Gasteiger partial charge in [-0.25, -0.2) is 0 Å². The minimum absolute atomic E-state index is 0.260. The minimum Gasteiger partial charge on any atom is -0.497 e. The molecule has 0 bridgehead atoms. The number of methoxy groups -OCH3 is 1. The van der Waals surface area contributed by atoms with Gasteiger partial charge in [-0.15, -0.1) is 0 Å². The number of hydrogen-bond donors (Lipinski definition) is 1. The maximum absolute atomic E-state index is 6.29. The van der Waals surface area contributed by atoms with Crippen LogP contribution in [0.1, 0.15) is 30.5 Å². The Labute approximate surface area is 132 Å². The van der Waals surface area contributed by atoms with Crippen LogP contribution in [0.25, 0.3) is 0 Å². The molecule has 1 N–H and O–H groups in total. The molecule has 21 heavy (non-hydrogen) atoms. The highest BCUT2D eigenvalue weighted by Gasteiger charge is 2.13. The normalized spacial score (nSPS) is 12.1. The summed E-state index contributed by atoms with van der Waals surface area (Å²) < 4.78 is 5.23. The first-order chi connectivity index (χ1) is 10.2. The molecule has 0 radical (unpaired) electrons. The van der Waals surface area contributed by atoms with Gasteiger partial charge in [-0.1, -0.05) is 48.9 Å². The van der Waals surface area contributed by atoms with E-state index >= 15 is 0 Å². The molecule has 0 aliphatic rings. The summed E-state index contributed by atoms with van der Waals surface area (Å²) in [7, 11) is 1.69. The van der Waals surface area contributed by atoms with Crippen LogP contribution in [-0.4, -0.2) is 13.7 Å². The summed E-state index contributed by atoms with van der Waals surface area (Å²) >= 11 is 6.29.